The van der Waals surface area contributed by atoms with Gasteiger partial charge in [-0.3, -0.25) is 9.59 Å². The molecule has 1 heterocycles. The number of Topliss-reactive ketones (excluding diaryl/α,β-unsaturated/α-hetero) is 1. The maximum Gasteiger partial charge on any atom is 0.257 e. The van der Waals surface area contributed by atoms with E-state index in [1.807, 2.05) is 13.8 Å². The molecule has 1 N–H and O–H groups in total. The van der Waals surface area contributed by atoms with Gasteiger partial charge in [-0.05, 0) is 25.5 Å². The minimum atomic E-state index is -0.188. The van der Waals surface area contributed by atoms with Gasteiger partial charge in [0, 0.05) is 25.4 Å². The number of likely N-dealkylation sites (tertiary alicyclic amines) is 1. The standard InChI is InChI=1S/C15H19NO3/c1-3-11-9-16(7-6-13(11)17)15(19)12-8-10(2)4-5-14(12)18/h4-5,8,11,18H,3,6-7,9H2,1-2H3. The Morgan fingerprint density at radius 1 is 1.47 bits per heavy atom. The molecule has 1 unspecified atom stereocenters. The summed E-state index contributed by atoms with van der Waals surface area (Å²) in [6, 6.07) is 4.99. The summed E-state index contributed by atoms with van der Waals surface area (Å²) < 4.78 is 0. The average Bonchev–Trinajstić information content (AvgIpc) is 2.41. The predicted octanol–water partition coefficient (Wildman–Crippen LogP) is 2.14. The van der Waals surface area contributed by atoms with Gasteiger partial charge in [0.1, 0.15) is 11.5 Å². The quantitative estimate of drug-likeness (QED) is 0.887. The van der Waals surface area contributed by atoms with E-state index >= 15 is 0 Å². The number of piperidine rings is 1. The van der Waals surface area contributed by atoms with Crippen LogP contribution < -0.4 is 0 Å². The van der Waals surface area contributed by atoms with Crippen molar-refractivity contribution in [1.29, 1.82) is 0 Å². The Hall–Kier alpha value is -1.84. The van der Waals surface area contributed by atoms with E-state index in [1.165, 1.54) is 6.07 Å². The topological polar surface area (TPSA) is 57.6 Å². The number of nitrogens with zero attached hydrogens (tertiary/aromatic N) is 1. The molecule has 1 atom stereocenters. The van der Waals surface area contributed by atoms with Gasteiger partial charge in [-0.1, -0.05) is 18.6 Å². The van der Waals surface area contributed by atoms with Crippen LogP contribution >= 0.6 is 0 Å². The molecular weight excluding hydrogens is 242 g/mol. The van der Waals surface area contributed by atoms with Crippen molar-refractivity contribution < 1.29 is 14.7 Å². The van der Waals surface area contributed by atoms with Crippen LogP contribution in [0.2, 0.25) is 0 Å². The molecule has 0 aromatic heterocycles. The molecule has 1 aromatic rings. The summed E-state index contributed by atoms with van der Waals surface area (Å²) in [5.41, 5.74) is 1.26. The van der Waals surface area contributed by atoms with Gasteiger partial charge in [-0.15, -0.1) is 0 Å². The normalized spacial score (nSPS) is 19.6. The minimum Gasteiger partial charge on any atom is -0.507 e. The molecule has 0 saturated carbocycles. The Morgan fingerprint density at radius 2 is 2.21 bits per heavy atom. The second kappa shape index (κ2) is 5.43. The van der Waals surface area contributed by atoms with Crippen LogP contribution in [0.15, 0.2) is 18.2 Å². The number of ketones is 1. The number of rotatable bonds is 2. The molecule has 1 aromatic carbocycles. The fraction of sp³-hybridized carbons (Fsp3) is 0.467. The first-order valence-corrected chi connectivity index (χ1v) is 6.64. The summed E-state index contributed by atoms with van der Waals surface area (Å²) in [4.78, 5) is 25.7. The minimum absolute atomic E-state index is 0.000508. The van der Waals surface area contributed by atoms with E-state index in [0.717, 1.165) is 12.0 Å². The third-order valence-corrected chi connectivity index (χ3v) is 3.69. The molecule has 0 bridgehead atoms. The van der Waals surface area contributed by atoms with Crippen LogP contribution in [0.4, 0.5) is 0 Å². The first-order chi connectivity index (χ1) is 9.02. The summed E-state index contributed by atoms with van der Waals surface area (Å²) in [5.74, 6) is -0.0163. The van der Waals surface area contributed by atoms with Gasteiger partial charge in [-0.25, -0.2) is 0 Å². The number of carbonyl (C=O) groups excluding carboxylic acids is 2. The van der Waals surface area contributed by atoms with E-state index in [4.69, 9.17) is 0 Å². The number of aromatic hydroxyl groups is 1. The third-order valence-electron chi connectivity index (χ3n) is 3.69. The molecule has 4 heteroatoms. The Kier molecular flexibility index (Phi) is 3.88. The lowest BCUT2D eigenvalue weighted by molar-refractivity contribution is -0.125. The molecule has 19 heavy (non-hydrogen) atoms. The lowest BCUT2D eigenvalue weighted by Gasteiger charge is -2.31. The number of aryl methyl sites for hydroxylation is 1. The number of benzene rings is 1. The highest BCUT2D eigenvalue weighted by atomic mass is 16.3. The van der Waals surface area contributed by atoms with Gasteiger partial charge >= 0.3 is 0 Å². The molecule has 1 aliphatic rings. The number of hydrogen-bond acceptors (Lipinski definition) is 3. The zero-order valence-corrected chi connectivity index (χ0v) is 11.3. The van der Waals surface area contributed by atoms with E-state index in [1.54, 1.807) is 17.0 Å². The lowest BCUT2D eigenvalue weighted by atomic mass is 9.93. The molecule has 1 amide bonds. The third kappa shape index (κ3) is 2.78. The molecule has 1 aliphatic heterocycles. The fourth-order valence-corrected chi connectivity index (χ4v) is 2.44. The molecule has 0 spiro atoms. The van der Waals surface area contributed by atoms with E-state index in [2.05, 4.69) is 0 Å². The number of carbonyl (C=O) groups is 2. The highest BCUT2D eigenvalue weighted by Gasteiger charge is 2.29. The largest absolute Gasteiger partial charge is 0.507 e. The van der Waals surface area contributed by atoms with E-state index in [-0.39, 0.29) is 23.4 Å². The van der Waals surface area contributed by atoms with Crippen molar-refractivity contribution in [3.05, 3.63) is 29.3 Å². The van der Waals surface area contributed by atoms with Crippen LogP contribution in [-0.2, 0) is 4.79 Å². The Bertz CT molecular complexity index is 510. The fourth-order valence-electron chi connectivity index (χ4n) is 2.44. The molecule has 102 valence electrons. The van der Waals surface area contributed by atoms with Crippen LogP contribution in [0.3, 0.4) is 0 Å². The van der Waals surface area contributed by atoms with Crippen LogP contribution in [0.25, 0.3) is 0 Å². The summed E-state index contributed by atoms with van der Waals surface area (Å²) in [6.07, 6.45) is 1.17. The highest BCUT2D eigenvalue weighted by molar-refractivity contribution is 5.98. The number of phenols is 1. The van der Waals surface area contributed by atoms with E-state index < -0.39 is 0 Å². The molecule has 4 nitrogen and oxygen atoms in total. The van der Waals surface area contributed by atoms with Gasteiger partial charge in [0.15, 0.2) is 0 Å². The molecular formula is C15H19NO3. The van der Waals surface area contributed by atoms with Crippen molar-refractivity contribution in [2.75, 3.05) is 13.1 Å². The number of hydrogen-bond donors (Lipinski definition) is 1. The Labute approximate surface area is 113 Å². The van der Waals surface area contributed by atoms with Gasteiger partial charge in [0.2, 0.25) is 0 Å². The predicted molar refractivity (Wildman–Crippen MR) is 72.2 cm³/mol. The van der Waals surface area contributed by atoms with Crippen molar-refractivity contribution >= 4 is 11.7 Å². The van der Waals surface area contributed by atoms with Crippen molar-refractivity contribution in [2.24, 2.45) is 5.92 Å². The van der Waals surface area contributed by atoms with Gasteiger partial charge in [0.25, 0.3) is 5.91 Å². The summed E-state index contributed by atoms with van der Waals surface area (Å²) in [6.45, 7) is 4.74. The van der Waals surface area contributed by atoms with Crippen molar-refractivity contribution in [3.63, 3.8) is 0 Å². The molecule has 0 aliphatic carbocycles. The first kappa shape index (κ1) is 13.6. The summed E-state index contributed by atoms with van der Waals surface area (Å²) in [5, 5.41) is 9.80. The maximum absolute atomic E-state index is 12.4. The van der Waals surface area contributed by atoms with Gasteiger partial charge < -0.3 is 10.0 Å². The average molecular weight is 261 g/mol. The Balaban J connectivity index is 2.20. The molecule has 0 radical (unpaired) electrons. The van der Waals surface area contributed by atoms with Crippen LogP contribution in [0.5, 0.6) is 5.75 Å². The van der Waals surface area contributed by atoms with Crippen molar-refractivity contribution in [3.8, 4) is 5.75 Å². The monoisotopic (exact) mass is 261 g/mol. The molecule has 2 rings (SSSR count). The number of phenolic OH excluding ortho intramolecular Hbond substituents is 1. The van der Waals surface area contributed by atoms with Gasteiger partial charge in [0.05, 0.1) is 5.56 Å². The zero-order chi connectivity index (χ0) is 14.0. The first-order valence-electron chi connectivity index (χ1n) is 6.64. The van der Waals surface area contributed by atoms with E-state index in [9.17, 15) is 14.7 Å². The second-order valence-corrected chi connectivity index (χ2v) is 5.09. The molecule has 1 fully saturated rings. The lowest BCUT2D eigenvalue weighted by Crippen LogP contribution is -2.43. The molecule has 1 saturated heterocycles. The zero-order valence-electron chi connectivity index (χ0n) is 11.3. The summed E-state index contributed by atoms with van der Waals surface area (Å²) in [7, 11) is 0. The van der Waals surface area contributed by atoms with Crippen molar-refractivity contribution in [2.45, 2.75) is 26.7 Å². The van der Waals surface area contributed by atoms with Crippen LogP contribution in [-0.4, -0.2) is 34.8 Å². The van der Waals surface area contributed by atoms with Crippen LogP contribution in [0, 0.1) is 12.8 Å². The summed E-state index contributed by atoms with van der Waals surface area (Å²) >= 11 is 0. The van der Waals surface area contributed by atoms with Crippen LogP contribution in [0.1, 0.15) is 35.7 Å². The Morgan fingerprint density at radius 3 is 2.89 bits per heavy atom. The highest BCUT2D eigenvalue weighted by Crippen LogP contribution is 2.23. The number of amides is 1. The van der Waals surface area contributed by atoms with Crippen molar-refractivity contribution in [1.82, 2.24) is 4.90 Å². The SMILES string of the molecule is CCC1CN(C(=O)c2cc(C)ccc2O)CCC1=O. The van der Waals surface area contributed by atoms with E-state index in [0.29, 0.717) is 25.1 Å². The smallest absolute Gasteiger partial charge is 0.257 e. The van der Waals surface area contributed by atoms with Gasteiger partial charge in [-0.2, -0.15) is 0 Å². The maximum atomic E-state index is 12.4. The second-order valence-electron chi connectivity index (χ2n) is 5.09.